The van der Waals surface area contributed by atoms with E-state index in [0.717, 1.165) is 11.1 Å². The fourth-order valence-corrected chi connectivity index (χ4v) is 7.74. The summed E-state index contributed by atoms with van der Waals surface area (Å²) in [6, 6.07) is 14.7. The van der Waals surface area contributed by atoms with E-state index in [4.69, 9.17) is 4.74 Å². The molecule has 3 heterocycles. The third-order valence-electron chi connectivity index (χ3n) is 8.53. The number of nitrogens with zero attached hydrogens (tertiary/aromatic N) is 2. The summed E-state index contributed by atoms with van der Waals surface area (Å²) >= 11 is 0. The van der Waals surface area contributed by atoms with Crippen molar-refractivity contribution in [3.05, 3.63) is 93.5 Å². The molecule has 3 aliphatic rings. The molecule has 4 bridgehead atoms. The summed E-state index contributed by atoms with van der Waals surface area (Å²) in [5.41, 5.74) is 4.15. The number of fused-ring (bicyclic) bond motifs is 10. The van der Waals surface area contributed by atoms with E-state index < -0.39 is 27.2 Å². The van der Waals surface area contributed by atoms with Crippen molar-refractivity contribution in [3.63, 3.8) is 0 Å². The van der Waals surface area contributed by atoms with Crippen LogP contribution in [0.3, 0.4) is 0 Å². The van der Waals surface area contributed by atoms with E-state index in [9.17, 15) is 22.8 Å². The molecule has 2 aliphatic heterocycles. The third kappa shape index (κ3) is 6.15. The van der Waals surface area contributed by atoms with Crippen LogP contribution >= 0.6 is 0 Å². The normalized spacial score (nSPS) is 19.3. The molecule has 45 heavy (non-hydrogen) atoms. The Hall–Kier alpha value is -4.71. The van der Waals surface area contributed by atoms with Crippen LogP contribution in [-0.2, 0) is 25.9 Å². The number of anilines is 2. The van der Waals surface area contributed by atoms with Crippen LogP contribution in [0.5, 0.6) is 0 Å². The van der Waals surface area contributed by atoms with Gasteiger partial charge in [-0.15, -0.1) is 0 Å². The number of aromatic nitrogens is 2. The van der Waals surface area contributed by atoms with Crippen LogP contribution in [0.4, 0.5) is 16.2 Å². The van der Waals surface area contributed by atoms with Gasteiger partial charge in [-0.2, -0.15) is 0 Å². The quantitative estimate of drug-likeness (QED) is 0.278. The van der Waals surface area contributed by atoms with E-state index in [0.29, 0.717) is 52.7 Å². The maximum absolute atomic E-state index is 14.3. The maximum atomic E-state index is 14.3. The Morgan fingerprint density at radius 3 is 2.58 bits per heavy atom. The van der Waals surface area contributed by atoms with Crippen molar-refractivity contribution in [2.24, 2.45) is 0 Å². The molecule has 0 saturated heterocycles. The largest absolute Gasteiger partial charge is 0.449 e. The highest BCUT2D eigenvalue weighted by Gasteiger charge is 2.38. The molecule has 2 amide bonds. The first-order chi connectivity index (χ1) is 21.5. The number of sulfone groups is 1. The van der Waals surface area contributed by atoms with Gasteiger partial charge in [-0.05, 0) is 84.8 Å². The Bertz CT molecular complexity index is 1970. The number of carbonyl (C=O) groups is 2. The number of amides is 2. The lowest BCUT2D eigenvalue weighted by molar-refractivity contribution is -0.131. The van der Waals surface area contributed by atoms with Crippen LogP contribution in [0.1, 0.15) is 60.4 Å². The molecule has 2 atom stereocenters. The van der Waals surface area contributed by atoms with Gasteiger partial charge in [-0.1, -0.05) is 25.1 Å². The van der Waals surface area contributed by atoms with Gasteiger partial charge in [0.15, 0.2) is 9.84 Å². The Balaban J connectivity index is 1.45. The first kappa shape index (κ1) is 30.3. The number of nitrogens with one attached hydrogen (secondary N) is 3. The number of benzene rings is 3. The summed E-state index contributed by atoms with van der Waals surface area (Å²) in [4.78, 5) is 48.0. The van der Waals surface area contributed by atoms with E-state index >= 15 is 0 Å². The highest BCUT2D eigenvalue weighted by atomic mass is 32.2. The van der Waals surface area contributed by atoms with E-state index in [1.807, 2.05) is 32.0 Å². The molecule has 0 radical (unpaired) electrons. The first-order valence-corrected chi connectivity index (χ1v) is 16.5. The van der Waals surface area contributed by atoms with Crippen molar-refractivity contribution in [1.82, 2.24) is 14.9 Å². The van der Waals surface area contributed by atoms with E-state index in [2.05, 4.69) is 20.6 Å². The number of ether oxygens (including phenoxy) is 1. The first-order valence-electron chi connectivity index (χ1n) is 14.9. The molecule has 0 spiro atoms. The molecule has 12 heteroatoms. The molecule has 1 aromatic heterocycles. The van der Waals surface area contributed by atoms with Crippen LogP contribution in [0.25, 0.3) is 10.9 Å². The van der Waals surface area contributed by atoms with E-state index in [-0.39, 0.29) is 35.4 Å². The molecule has 1 saturated carbocycles. The van der Waals surface area contributed by atoms with Crippen LogP contribution in [-0.4, -0.2) is 54.2 Å². The second kappa shape index (κ2) is 12.0. The molecule has 3 N–H and O–H groups in total. The van der Waals surface area contributed by atoms with Crippen LogP contribution < -0.4 is 16.2 Å². The fourth-order valence-electron chi connectivity index (χ4n) is 5.88. The van der Waals surface area contributed by atoms with Gasteiger partial charge >= 0.3 is 6.09 Å². The van der Waals surface area contributed by atoms with Gasteiger partial charge < -0.3 is 19.9 Å². The second-order valence-electron chi connectivity index (χ2n) is 11.7. The molecule has 234 valence electrons. The minimum absolute atomic E-state index is 0.0286. The van der Waals surface area contributed by atoms with Gasteiger partial charge in [0.25, 0.3) is 5.56 Å². The number of carbonyl (C=O) groups excluding carboxylic acids is 2. The zero-order chi connectivity index (χ0) is 31.9. The molecular weight excluding hydrogens is 594 g/mol. The van der Waals surface area contributed by atoms with Gasteiger partial charge in [0.05, 0.1) is 27.4 Å². The Kier molecular flexibility index (Phi) is 8.08. The lowest BCUT2D eigenvalue weighted by atomic mass is 9.90. The monoisotopic (exact) mass is 629 g/mol. The highest BCUT2D eigenvalue weighted by Crippen LogP contribution is 2.37. The maximum Gasteiger partial charge on any atom is 0.411 e. The summed E-state index contributed by atoms with van der Waals surface area (Å²) in [5.74, 6) is -0.391. The number of hydrogen-bond acceptors (Lipinski definition) is 8. The zero-order valence-electron chi connectivity index (χ0n) is 25.3. The predicted molar refractivity (Wildman–Crippen MR) is 171 cm³/mol. The van der Waals surface area contributed by atoms with Gasteiger partial charge in [-0.25, -0.2) is 18.2 Å². The summed E-state index contributed by atoms with van der Waals surface area (Å²) in [6.07, 6.45) is 2.60. The number of aryl methyl sites for hydroxylation is 1. The van der Waals surface area contributed by atoms with Crippen LogP contribution in [0.15, 0.2) is 70.6 Å². The lowest BCUT2D eigenvalue weighted by Crippen LogP contribution is -2.35. The Morgan fingerprint density at radius 1 is 1.04 bits per heavy atom. The molecule has 11 nitrogen and oxygen atoms in total. The number of hydrogen-bond donors (Lipinski definition) is 3. The topological polar surface area (TPSA) is 151 Å². The SMILES string of the molecule is CC[C@H]1COC(=O)Nc2ccc(S(=O)(=O)C3CC3)c(c2)CN(C)C(=O)[C@H](Nc2ccc3nc[nH]c(=O)c3c2)c2ccc1c(C)c2. The van der Waals surface area contributed by atoms with E-state index in [1.165, 1.54) is 17.3 Å². The molecule has 0 unspecified atom stereocenters. The standard InChI is InChI=1S/C33H35N5O6S/c1-4-20-17-44-33(41)37-23-7-12-29(45(42,43)25-8-9-25)22(14-23)16-38(3)32(40)30(21-5-10-26(20)19(2)13-21)36-24-6-11-28-27(15-24)31(39)35-18-34-28/h5-7,10-15,18,20,25,30,36H,4,8-9,16-17H2,1-3H3,(H,37,41)(H,34,35,39)/t20-,30+/m0/s1. The molecule has 4 aromatic rings. The highest BCUT2D eigenvalue weighted by molar-refractivity contribution is 7.92. The van der Waals surface area contributed by atoms with Crippen molar-refractivity contribution < 1.29 is 22.7 Å². The summed E-state index contributed by atoms with van der Waals surface area (Å²) in [7, 11) is -2.00. The predicted octanol–water partition coefficient (Wildman–Crippen LogP) is 5.04. The average molecular weight is 630 g/mol. The molecule has 3 aromatic carbocycles. The van der Waals surface area contributed by atoms with Crippen molar-refractivity contribution >= 4 is 44.1 Å². The molecule has 7 rings (SSSR count). The Morgan fingerprint density at radius 2 is 1.84 bits per heavy atom. The van der Waals surface area contributed by atoms with Crippen LogP contribution in [0.2, 0.25) is 0 Å². The molecule has 1 aliphatic carbocycles. The van der Waals surface area contributed by atoms with Gasteiger partial charge in [-0.3, -0.25) is 14.9 Å². The number of H-pyrrole nitrogens is 1. The number of likely N-dealkylation sites (N-methyl/N-ethyl adjacent to an activating group) is 1. The molecular formula is C33H35N5O6S. The average Bonchev–Trinajstić information content (AvgIpc) is 3.87. The van der Waals surface area contributed by atoms with Crippen molar-refractivity contribution in [2.45, 2.75) is 61.8 Å². The van der Waals surface area contributed by atoms with Crippen molar-refractivity contribution in [1.29, 1.82) is 0 Å². The minimum Gasteiger partial charge on any atom is -0.449 e. The van der Waals surface area contributed by atoms with Crippen LogP contribution in [0, 0.1) is 6.92 Å². The minimum atomic E-state index is -3.61. The summed E-state index contributed by atoms with van der Waals surface area (Å²) < 4.78 is 32.4. The van der Waals surface area contributed by atoms with Crippen molar-refractivity contribution in [2.75, 3.05) is 24.3 Å². The third-order valence-corrected chi connectivity index (χ3v) is 10.9. The van der Waals surface area contributed by atoms with Gasteiger partial charge in [0.2, 0.25) is 5.91 Å². The number of aromatic amines is 1. The summed E-state index contributed by atoms with van der Waals surface area (Å²) in [6.45, 7) is 4.09. The summed E-state index contributed by atoms with van der Waals surface area (Å²) in [5, 5.41) is 5.97. The lowest BCUT2D eigenvalue weighted by Gasteiger charge is -2.28. The smallest absolute Gasteiger partial charge is 0.411 e. The van der Waals surface area contributed by atoms with E-state index in [1.54, 1.807) is 37.4 Å². The zero-order valence-corrected chi connectivity index (χ0v) is 26.1. The fraction of sp³-hybridized carbons (Fsp3) is 0.333. The van der Waals surface area contributed by atoms with Gasteiger partial charge in [0.1, 0.15) is 12.6 Å². The number of rotatable bonds is 5. The Labute approximate surface area is 260 Å². The van der Waals surface area contributed by atoms with Crippen molar-refractivity contribution in [3.8, 4) is 0 Å². The second-order valence-corrected chi connectivity index (χ2v) is 13.9. The molecule has 1 fully saturated rings. The van der Waals surface area contributed by atoms with Gasteiger partial charge in [0, 0.05) is 30.9 Å².